The smallest absolute Gasteiger partial charge is 0 e. The number of benzene rings is 3. The van der Waals surface area contributed by atoms with Gasteiger partial charge in [0, 0.05) is 27.3 Å². The van der Waals surface area contributed by atoms with Gasteiger partial charge >= 0.3 is 0 Å². The first kappa shape index (κ1) is 15.4. The van der Waals surface area contributed by atoms with Gasteiger partial charge in [-0.25, -0.2) is 0 Å². The molecule has 0 N–H and O–H groups in total. The van der Waals surface area contributed by atoms with Crippen LogP contribution in [0.15, 0.2) is 91.0 Å². The molecule has 3 aromatic rings. The zero-order valence-electron chi connectivity index (χ0n) is 11.1. The van der Waals surface area contributed by atoms with Crippen molar-refractivity contribution in [1.29, 1.82) is 0 Å². The third kappa shape index (κ3) is 3.56. The minimum absolute atomic E-state index is 0. The van der Waals surface area contributed by atoms with E-state index in [-0.39, 0.29) is 27.3 Å². The van der Waals surface area contributed by atoms with Crippen molar-refractivity contribution < 1.29 is 0 Å². The molecule has 0 saturated heterocycles. The van der Waals surface area contributed by atoms with Crippen LogP contribution in [0.4, 0.5) is 0 Å². The molecule has 2 heteroatoms. The van der Waals surface area contributed by atoms with Crippen LogP contribution in [0.25, 0.3) is 0 Å². The minimum Gasteiger partial charge on any atom is -0.0622 e. The minimum atomic E-state index is -0.446. The summed E-state index contributed by atoms with van der Waals surface area (Å²) < 4.78 is 0. The first-order chi connectivity index (χ1) is 9.45. The maximum Gasteiger partial charge on any atom is 0 e. The van der Waals surface area contributed by atoms with Crippen LogP contribution in [-0.2, 0) is 0 Å². The van der Waals surface area contributed by atoms with E-state index in [4.69, 9.17) is 0 Å². The molecule has 0 aliphatic carbocycles. The van der Waals surface area contributed by atoms with Crippen molar-refractivity contribution >= 4 is 51.1 Å². The third-order valence-electron chi connectivity index (χ3n) is 3.04. The molecule has 0 fully saturated rings. The van der Waals surface area contributed by atoms with E-state index in [0.717, 1.165) is 0 Å². The van der Waals surface area contributed by atoms with Gasteiger partial charge in [-0.2, -0.15) is 0 Å². The van der Waals surface area contributed by atoms with Crippen LogP contribution in [0.3, 0.4) is 0 Å². The van der Waals surface area contributed by atoms with E-state index in [1.165, 1.54) is 15.9 Å². The molecule has 0 atom stereocenters. The molecule has 0 nitrogen and oxygen atoms in total. The van der Waals surface area contributed by atoms with Gasteiger partial charge in [-0.15, -0.1) is 0 Å². The van der Waals surface area contributed by atoms with E-state index >= 15 is 0 Å². The normalized spacial score (nSPS) is 10.1. The molecule has 0 aliphatic heterocycles. The molecule has 0 saturated carbocycles. The van der Waals surface area contributed by atoms with Crippen LogP contribution >= 0.6 is 7.92 Å². The molecule has 4 radical (unpaired) electrons. The Morgan fingerprint density at radius 3 is 0.900 bits per heavy atom. The van der Waals surface area contributed by atoms with Crippen LogP contribution in [-0.4, -0.2) is 27.3 Å². The van der Waals surface area contributed by atoms with Crippen molar-refractivity contribution in [3.05, 3.63) is 91.0 Å². The second-order valence-corrected chi connectivity index (χ2v) is 6.56. The molecule has 0 unspecified atom stereocenters. The number of hydrogen-bond acceptors (Lipinski definition) is 0. The maximum atomic E-state index is 2.23. The second-order valence-electron chi connectivity index (χ2n) is 4.34. The summed E-state index contributed by atoms with van der Waals surface area (Å²) in [6, 6.07) is 32.3. The molecule has 0 bridgehead atoms. The molecule has 0 amide bonds. The average molecular weight is 469 g/mol. The quantitative estimate of drug-likeness (QED) is 0.409. The summed E-state index contributed by atoms with van der Waals surface area (Å²) in [5, 5.41) is 4.19. The molecule has 0 heterocycles. The van der Waals surface area contributed by atoms with Gasteiger partial charge in [0.25, 0.3) is 0 Å². The average Bonchev–Trinajstić information content (AvgIpc) is 2.51. The zero-order valence-corrected chi connectivity index (χ0v) is 15.9. The summed E-state index contributed by atoms with van der Waals surface area (Å²) in [4.78, 5) is 0. The van der Waals surface area contributed by atoms with Crippen molar-refractivity contribution in [2.24, 2.45) is 0 Å². The molecule has 0 aliphatic rings. The molecular formula is C18H15PPb. The fourth-order valence-electron chi connectivity index (χ4n) is 2.18. The Balaban J connectivity index is 0.00000147. The van der Waals surface area contributed by atoms with Crippen molar-refractivity contribution in [1.82, 2.24) is 0 Å². The van der Waals surface area contributed by atoms with Crippen molar-refractivity contribution in [2.45, 2.75) is 0 Å². The van der Waals surface area contributed by atoms with Crippen LogP contribution in [0.1, 0.15) is 0 Å². The van der Waals surface area contributed by atoms with E-state index in [2.05, 4.69) is 91.0 Å². The largest absolute Gasteiger partial charge is 0.0622 e. The monoisotopic (exact) mass is 470 g/mol. The Bertz CT molecular complexity index is 529. The summed E-state index contributed by atoms with van der Waals surface area (Å²) in [7, 11) is -0.446. The van der Waals surface area contributed by atoms with E-state index in [1.54, 1.807) is 0 Å². The van der Waals surface area contributed by atoms with Gasteiger partial charge in [-0.3, -0.25) is 0 Å². The van der Waals surface area contributed by atoms with Crippen molar-refractivity contribution in [3.8, 4) is 0 Å². The molecule has 3 rings (SSSR count). The molecule has 20 heavy (non-hydrogen) atoms. The Morgan fingerprint density at radius 2 is 0.650 bits per heavy atom. The van der Waals surface area contributed by atoms with Crippen LogP contribution in [0.5, 0.6) is 0 Å². The molecule has 0 aromatic heterocycles. The van der Waals surface area contributed by atoms with Gasteiger partial charge in [0.1, 0.15) is 0 Å². The predicted octanol–water partition coefficient (Wildman–Crippen LogP) is 3.06. The first-order valence-corrected chi connectivity index (χ1v) is 7.74. The molecule has 3 aromatic carbocycles. The Labute approximate surface area is 141 Å². The SMILES string of the molecule is [Pb].c1ccc(P(c2ccccc2)c2ccccc2)cc1. The molecule has 96 valence electrons. The van der Waals surface area contributed by atoms with Gasteiger partial charge in [0.15, 0.2) is 0 Å². The summed E-state index contributed by atoms with van der Waals surface area (Å²) in [6.07, 6.45) is 0. The van der Waals surface area contributed by atoms with Gasteiger partial charge in [0.2, 0.25) is 0 Å². The van der Waals surface area contributed by atoms with E-state index in [9.17, 15) is 0 Å². The zero-order chi connectivity index (χ0) is 12.9. The Morgan fingerprint density at radius 1 is 0.400 bits per heavy atom. The predicted molar refractivity (Wildman–Crippen MR) is 90.9 cm³/mol. The maximum absolute atomic E-state index is 2.23. The van der Waals surface area contributed by atoms with E-state index in [1.807, 2.05) is 0 Å². The summed E-state index contributed by atoms with van der Waals surface area (Å²) >= 11 is 0. The van der Waals surface area contributed by atoms with Gasteiger partial charge in [0.05, 0.1) is 0 Å². The fourth-order valence-corrected chi connectivity index (χ4v) is 4.48. The van der Waals surface area contributed by atoms with Crippen LogP contribution < -0.4 is 15.9 Å². The van der Waals surface area contributed by atoms with Crippen molar-refractivity contribution in [2.75, 3.05) is 0 Å². The fraction of sp³-hybridized carbons (Fsp3) is 0. The summed E-state index contributed by atoms with van der Waals surface area (Å²) in [5.74, 6) is 0. The number of rotatable bonds is 3. The van der Waals surface area contributed by atoms with Crippen LogP contribution in [0.2, 0.25) is 0 Å². The topological polar surface area (TPSA) is 0 Å². The first-order valence-electron chi connectivity index (χ1n) is 6.40. The third-order valence-corrected chi connectivity index (χ3v) is 5.49. The van der Waals surface area contributed by atoms with Gasteiger partial charge < -0.3 is 0 Å². The van der Waals surface area contributed by atoms with Gasteiger partial charge in [-0.05, 0) is 23.8 Å². The van der Waals surface area contributed by atoms with E-state index in [0.29, 0.717) is 0 Å². The van der Waals surface area contributed by atoms with Crippen LogP contribution in [0, 0.1) is 0 Å². The number of hydrogen-bond donors (Lipinski definition) is 0. The van der Waals surface area contributed by atoms with Gasteiger partial charge in [-0.1, -0.05) is 91.0 Å². The second kappa shape index (κ2) is 7.70. The summed E-state index contributed by atoms with van der Waals surface area (Å²) in [5.41, 5.74) is 0. The Kier molecular flexibility index (Phi) is 5.93. The van der Waals surface area contributed by atoms with Crippen molar-refractivity contribution in [3.63, 3.8) is 0 Å². The molecule has 0 spiro atoms. The Hall–Kier alpha value is -0.988. The molecular weight excluding hydrogens is 454 g/mol. The van der Waals surface area contributed by atoms with E-state index < -0.39 is 7.92 Å². The standard InChI is InChI=1S/C18H15P.Pb/c1-4-10-16(11-5-1)19(17-12-6-2-7-13-17)18-14-8-3-9-15-18;/h1-15H;. The summed E-state index contributed by atoms with van der Waals surface area (Å²) in [6.45, 7) is 0.